The van der Waals surface area contributed by atoms with Crippen molar-refractivity contribution < 1.29 is 4.74 Å². The highest BCUT2D eigenvalue weighted by atomic mass is 16.5. The molecule has 0 amide bonds. The molecule has 0 saturated carbocycles. The van der Waals surface area contributed by atoms with Crippen molar-refractivity contribution in [3.05, 3.63) is 41.6 Å². The Labute approximate surface area is 140 Å². The van der Waals surface area contributed by atoms with Gasteiger partial charge in [0.25, 0.3) is 0 Å². The van der Waals surface area contributed by atoms with Crippen LogP contribution in [0.1, 0.15) is 11.3 Å². The van der Waals surface area contributed by atoms with Crippen molar-refractivity contribution in [3.63, 3.8) is 0 Å². The number of hydrogen-bond donors (Lipinski definition) is 2. The number of nitrogens with one attached hydrogen (secondary N) is 2. The van der Waals surface area contributed by atoms with E-state index in [-0.39, 0.29) is 0 Å². The number of hydrogen-bond acceptors (Lipinski definition) is 5. The Morgan fingerprint density at radius 2 is 1.92 bits per heavy atom. The van der Waals surface area contributed by atoms with Gasteiger partial charge in [-0.05, 0) is 31.5 Å². The summed E-state index contributed by atoms with van der Waals surface area (Å²) in [6.45, 7) is 7.18. The zero-order valence-corrected chi connectivity index (χ0v) is 14.0. The van der Waals surface area contributed by atoms with E-state index in [9.17, 15) is 0 Å². The number of anilines is 3. The fourth-order valence-corrected chi connectivity index (χ4v) is 2.97. The monoisotopic (exact) mass is 323 g/mol. The van der Waals surface area contributed by atoms with Crippen molar-refractivity contribution in [2.24, 2.45) is 0 Å². The number of rotatable bonds is 3. The van der Waals surface area contributed by atoms with Gasteiger partial charge < -0.3 is 19.9 Å². The smallest absolute Gasteiger partial charge is 0.229 e. The fourth-order valence-electron chi connectivity index (χ4n) is 2.97. The van der Waals surface area contributed by atoms with Crippen molar-refractivity contribution in [2.45, 2.75) is 13.8 Å². The quantitative estimate of drug-likeness (QED) is 0.775. The Hall–Kier alpha value is -2.60. The largest absolute Gasteiger partial charge is 0.378 e. The normalized spacial score (nSPS) is 15.0. The molecule has 0 unspecified atom stereocenters. The lowest BCUT2D eigenvalue weighted by Crippen LogP contribution is -2.37. The average Bonchev–Trinajstić information content (AvgIpc) is 2.98. The number of morpholine rings is 1. The maximum absolute atomic E-state index is 5.43. The summed E-state index contributed by atoms with van der Waals surface area (Å²) in [6, 6.07) is 10.3. The second-order valence-electron chi connectivity index (χ2n) is 6.13. The molecule has 0 spiro atoms. The fraction of sp³-hybridized carbons (Fsp3) is 0.333. The molecule has 1 saturated heterocycles. The van der Waals surface area contributed by atoms with Gasteiger partial charge in [0.05, 0.1) is 18.6 Å². The molecule has 6 heteroatoms. The number of benzene rings is 1. The molecule has 0 atom stereocenters. The summed E-state index contributed by atoms with van der Waals surface area (Å²) in [5.74, 6) is 1.57. The van der Waals surface area contributed by atoms with Crippen molar-refractivity contribution in [1.29, 1.82) is 0 Å². The summed E-state index contributed by atoms with van der Waals surface area (Å²) in [4.78, 5) is 15.0. The number of nitrogens with zero attached hydrogens (tertiary/aromatic N) is 3. The van der Waals surface area contributed by atoms with Crippen molar-refractivity contribution in [2.75, 3.05) is 36.5 Å². The van der Waals surface area contributed by atoms with Gasteiger partial charge in [0.2, 0.25) is 5.95 Å². The molecule has 1 fully saturated rings. The first-order valence-corrected chi connectivity index (χ1v) is 8.23. The summed E-state index contributed by atoms with van der Waals surface area (Å²) >= 11 is 0. The van der Waals surface area contributed by atoms with Crippen LogP contribution in [0, 0.1) is 13.8 Å². The molecule has 3 heterocycles. The van der Waals surface area contributed by atoms with Crippen LogP contribution in [0.2, 0.25) is 0 Å². The van der Waals surface area contributed by atoms with Crippen molar-refractivity contribution >= 4 is 28.5 Å². The average molecular weight is 323 g/mol. The van der Waals surface area contributed by atoms with E-state index in [1.165, 1.54) is 5.56 Å². The molecule has 6 nitrogen and oxygen atoms in total. The lowest BCUT2D eigenvalue weighted by molar-refractivity contribution is 0.122. The third-order valence-electron chi connectivity index (χ3n) is 4.30. The molecule has 24 heavy (non-hydrogen) atoms. The molecule has 0 bridgehead atoms. The molecule has 0 radical (unpaired) electrons. The third kappa shape index (κ3) is 2.80. The van der Waals surface area contributed by atoms with Crippen LogP contribution in [0.15, 0.2) is 30.3 Å². The van der Waals surface area contributed by atoms with Gasteiger partial charge >= 0.3 is 0 Å². The number of aryl methyl sites for hydroxylation is 2. The van der Waals surface area contributed by atoms with Crippen LogP contribution in [-0.4, -0.2) is 41.3 Å². The third-order valence-corrected chi connectivity index (χ3v) is 4.30. The minimum absolute atomic E-state index is 0.714. The van der Waals surface area contributed by atoms with Crippen LogP contribution in [0.25, 0.3) is 11.0 Å². The lowest BCUT2D eigenvalue weighted by atomic mass is 10.2. The molecular weight excluding hydrogens is 302 g/mol. The molecule has 2 N–H and O–H groups in total. The number of fused-ring (bicyclic) bond motifs is 1. The van der Waals surface area contributed by atoms with Gasteiger partial charge in [-0.2, -0.15) is 9.97 Å². The first kappa shape index (κ1) is 15.0. The van der Waals surface area contributed by atoms with Crippen molar-refractivity contribution in [3.8, 4) is 0 Å². The van der Waals surface area contributed by atoms with Gasteiger partial charge in [0.1, 0.15) is 11.5 Å². The predicted molar refractivity (Wildman–Crippen MR) is 96.1 cm³/mol. The van der Waals surface area contributed by atoms with E-state index >= 15 is 0 Å². The van der Waals surface area contributed by atoms with Crippen molar-refractivity contribution in [1.82, 2.24) is 15.0 Å². The number of H-pyrrole nitrogens is 1. The molecule has 0 aliphatic carbocycles. The summed E-state index contributed by atoms with van der Waals surface area (Å²) in [5.41, 5.74) is 4.18. The molecule has 2 aromatic heterocycles. The Kier molecular flexibility index (Phi) is 3.82. The van der Waals surface area contributed by atoms with Crippen LogP contribution in [0.3, 0.4) is 0 Å². The standard InChI is InChI=1S/C18H21N5O/c1-12-5-3-4-6-15(12)20-17-14-11-13(2)19-16(14)21-18(22-17)23-7-9-24-10-8-23/h3-6,11H,7-10H2,1-2H3,(H2,19,20,21,22). The Morgan fingerprint density at radius 3 is 2.71 bits per heavy atom. The highest BCUT2D eigenvalue weighted by Gasteiger charge is 2.18. The van der Waals surface area contributed by atoms with Crippen LogP contribution in [0.5, 0.6) is 0 Å². The molecule has 4 rings (SSSR count). The summed E-state index contributed by atoms with van der Waals surface area (Å²) in [6.07, 6.45) is 0. The van der Waals surface area contributed by atoms with E-state index in [4.69, 9.17) is 14.7 Å². The number of aromatic nitrogens is 3. The molecule has 124 valence electrons. The number of ether oxygens (including phenoxy) is 1. The summed E-state index contributed by atoms with van der Waals surface area (Å²) in [7, 11) is 0. The van der Waals surface area contributed by atoms with Gasteiger partial charge in [-0.1, -0.05) is 18.2 Å². The van der Waals surface area contributed by atoms with Gasteiger partial charge in [-0.15, -0.1) is 0 Å². The SMILES string of the molecule is Cc1cc2c(Nc3ccccc3C)nc(N3CCOCC3)nc2[nH]1. The summed E-state index contributed by atoms with van der Waals surface area (Å²) < 4.78 is 5.43. The zero-order chi connectivity index (χ0) is 16.5. The maximum Gasteiger partial charge on any atom is 0.229 e. The zero-order valence-electron chi connectivity index (χ0n) is 14.0. The van der Waals surface area contributed by atoms with Crippen LogP contribution in [-0.2, 0) is 4.74 Å². The lowest BCUT2D eigenvalue weighted by Gasteiger charge is -2.27. The predicted octanol–water partition coefficient (Wildman–Crippen LogP) is 3.15. The number of aromatic amines is 1. The Balaban J connectivity index is 1.78. The van der Waals surface area contributed by atoms with Crippen LogP contribution >= 0.6 is 0 Å². The van der Waals surface area contributed by atoms with Crippen LogP contribution in [0.4, 0.5) is 17.5 Å². The van der Waals surface area contributed by atoms with Gasteiger partial charge in [0.15, 0.2) is 0 Å². The van der Waals surface area contributed by atoms with E-state index < -0.39 is 0 Å². The first-order chi connectivity index (χ1) is 11.7. The maximum atomic E-state index is 5.43. The van der Waals surface area contributed by atoms with E-state index in [0.717, 1.165) is 47.3 Å². The summed E-state index contributed by atoms with van der Waals surface area (Å²) in [5, 5.41) is 4.49. The molecule has 3 aromatic rings. The Bertz CT molecular complexity index is 867. The highest BCUT2D eigenvalue weighted by molar-refractivity contribution is 5.91. The molecule has 1 aliphatic rings. The van der Waals surface area contributed by atoms with E-state index in [0.29, 0.717) is 13.2 Å². The second kappa shape index (κ2) is 6.13. The van der Waals surface area contributed by atoms with Crippen LogP contribution < -0.4 is 10.2 Å². The minimum atomic E-state index is 0.714. The van der Waals surface area contributed by atoms with E-state index in [2.05, 4.69) is 40.3 Å². The minimum Gasteiger partial charge on any atom is -0.378 e. The van der Waals surface area contributed by atoms with Gasteiger partial charge in [0, 0.05) is 24.5 Å². The first-order valence-electron chi connectivity index (χ1n) is 8.23. The van der Waals surface area contributed by atoms with Gasteiger partial charge in [-0.25, -0.2) is 0 Å². The van der Waals surface area contributed by atoms with E-state index in [1.54, 1.807) is 0 Å². The second-order valence-corrected chi connectivity index (χ2v) is 6.13. The topological polar surface area (TPSA) is 66.1 Å². The molecular formula is C18H21N5O. The number of para-hydroxylation sites is 1. The van der Waals surface area contributed by atoms with Gasteiger partial charge in [-0.3, -0.25) is 0 Å². The highest BCUT2D eigenvalue weighted by Crippen LogP contribution is 2.28. The molecule has 1 aromatic carbocycles. The molecule has 1 aliphatic heterocycles. The van der Waals surface area contributed by atoms with E-state index in [1.807, 2.05) is 19.1 Å². The Morgan fingerprint density at radius 1 is 1.12 bits per heavy atom.